The smallest absolute Gasteiger partial charge is 0.306 e. The van der Waals surface area contributed by atoms with Crippen LogP contribution < -0.4 is 0 Å². The van der Waals surface area contributed by atoms with Gasteiger partial charge in [-0.15, -0.1) is 0 Å². The highest BCUT2D eigenvalue weighted by Gasteiger charge is 2.22. The van der Waals surface area contributed by atoms with E-state index in [9.17, 15) is 14.4 Å². The molecular weight excluding hydrogens is 787 g/mol. The van der Waals surface area contributed by atoms with Crippen molar-refractivity contribution in [2.45, 2.75) is 274 Å². The fourth-order valence-corrected chi connectivity index (χ4v) is 11.6. The van der Waals surface area contributed by atoms with Crippen LogP contribution in [0.1, 0.15) is 245 Å². The Morgan fingerprint density at radius 1 is 0.450 bits per heavy atom. The van der Waals surface area contributed by atoms with Crippen molar-refractivity contribution in [1.29, 1.82) is 0 Å². The van der Waals surface area contributed by atoms with Crippen molar-refractivity contribution < 1.29 is 28.6 Å². The van der Waals surface area contributed by atoms with Gasteiger partial charge in [0.1, 0.15) is 18.3 Å². The fraction of sp³-hybridized carbons (Fsp3) is 0.941. The Morgan fingerprint density at radius 3 is 1.18 bits per heavy atom. The number of thioether (sulfide) groups is 2. The zero-order chi connectivity index (χ0) is 43.3. The predicted octanol–water partition coefficient (Wildman–Crippen LogP) is 14.6. The molecule has 60 heavy (non-hydrogen) atoms. The Balaban J connectivity index is 1.84. The van der Waals surface area contributed by atoms with E-state index >= 15 is 0 Å². The van der Waals surface area contributed by atoms with Crippen LogP contribution in [0.2, 0.25) is 0 Å². The van der Waals surface area contributed by atoms with Gasteiger partial charge >= 0.3 is 17.9 Å². The van der Waals surface area contributed by atoms with Gasteiger partial charge in [0.15, 0.2) is 0 Å². The second kappa shape index (κ2) is 38.5. The molecular formula is C51H95NO6S2. The maximum absolute atomic E-state index is 12.9. The number of esters is 3. The lowest BCUT2D eigenvalue weighted by Crippen LogP contribution is -2.23. The summed E-state index contributed by atoms with van der Waals surface area (Å²) in [6.45, 7) is 5.36. The third-order valence-electron chi connectivity index (χ3n) is 12.6. The molecule has 0 aromatic heterocycles. The van der Waals surface area contributed by atoms with E-state index in [1.54, 1.807) is 0 Å². The maximum Gasteiger partial charge on any atom is 0.306 e. The van der Waals surface area contributed by atoms with Crippen LogP contribution in [0.4, 0.5) is 0 Å². The normalized spacial score (nSPS) is 16.8. The topological polar surface area (TPSA) is 82.1 Å². The molecule has 2 aliphatic carbocycles. The number of unbranched alkanes of at least 4 members (excludes halogenated alkanes) is 14. The highest BCUT2D eigenvalue weighted by atomic mass is 32.2. The van der Waals surface area contributed by atoms with Crippen LogP contribution in [-0.2, 0) is 28.6 Å². The van der Waals surface area contributed by atoms with Gasteiger partial charge in [0.05, 0.1) is 0 Å². The van der Waals surface area contributed by atoms with E-state index in [1.165, 1.54) is 116 Å². The maximum atomic E-state index is 12.9. The Bertz CT molecular complexity index is 967. The molecule has 0 aliphatic heterocycles. The summed E-state index contributed by atoms with van der Waals surface area (Å²) in [6, 6.07) is 0. The molecule has 0 bridgehead atoms. The van der Waals surface area contributed by atoms with Crippen molar-refractivity contribution in [1.82, 2.24) is 4.90 Å². The number of carbonyl (C=O) groups is 3. The van der Waals surface area contributed by atoms with Gasteiger partial charge in [0.2, 0.25) is 0 Å². The molecule has 0 radical (unpaired) electrons. The van der Waals surface area contributed by atoms with Crippen LogP contribution >= 0.6 is 23.5 Å². The van der Waals surface area contributed by atoms with Gasteiger partial charge in [-0.1, -0.05) is 129 Å². The van der Waals surface area contributed by atoms with Crippen LogP contribution in [0.3, 0.4) is 0 Å². The second-order valence-electron chi connectivity index (χ2n) is 18.7. The van der Waals surface area contributed by atoms with Crippen molar-refractivity contribution in [3.05, 3.63) is 0 Å². The summed E-state index contributed by atoms with van der Waals surface area (Å²) in [5.41, 5.74) is 0. The van der Waals surface area contributed by atoms with Crippen LogP contribution in [-0.4, -0.2) is 83.8 Å². The molecule has 0 amide bonds. The quantitative estimate of drug-likeness (QED) is 0.0340. The molecule has 2 unspecified atom stereocenters. The molecule has 0 spiro atoms. The lowest BCUT2D eigenvalue weighted by atomic mass is 10.0. The molecule has 0 N–H and O–H groups in total. The molecule has 0 aromatic rings. The van der Waals surface area contributed by atoms with Crippen molar-refractivity contribution in [3.8, 4) is 0 Å². The van der Waals surface area contributed by atoms with E-state index in [4.69, 9.17) is 14.2 Å². The largest absolute Gasteiger partial charge is 0.462 e. The SMILES string of the molecule is CCCCCCCCC(=O)OC(CCCCCC(CCCCCC(CSC1CCCCC1)OC(=O)CCCCCCCC)OC(=O)CCCN(C)C)CSC1CCCCC1. The Morgan fingerprint density at radius 2 is 0.783 bits per heavy atom. The molecule has 0 heterocycles. The van der Waals surface area contributed by atoms with Gasteiger partial charge < -0.3 is 19.1 Å². The van der Waals surface area contributed by atoms with Crippen molar-refractivity contribution >= 4 is 41.4 Å². The standard InChI is InChI=1S/C51H95NO6S2/c1-5-7-9-11-13-27-38-49(53)57-45(42-59-47-34-23-17-24-35-47)32-21-15-19-30-44(56-51(55)40-29-41-52(3)4)31-20-16-22-33-46(43-60-48-36-25-18-26-37-48)58-50(54)39-28-14-12-10-8-6-2/h44-48H,5-43H2,1-4H3. The summed E-state index contributed by atoms with van der Waals surface area (Å²) in [4.78, 5) is 40.8. The minimum absolute atomic E-state index is 0.00504. The average molecular weight is 882 g/mol. The van der Waals surface area contributed by atoms with Gasteiger partial charge in [-0.05, 0) is 117 Å². The summed E-state index contributed by atoms with van der Waals surface area (Å²) in [5, 5.41) is 1.42. The lowest BCUT2D eigenvalue weighted by molar-refractivity contribution is -0.150. The number of hydrogen-bond donors (Lipinski definition) is 0. The minimum Gasteiger partial charge on any atom is -0.462 e. The average Bonchev–Trinajstić information content (AvgIpc) is 3.24. The second-order valence-corrected chi connectivity index (χ2v) is 21.4. The first kappa shape index (κ1) is 55.2. The third kappa shape index (κ3) is 31.8. The Hall–Kier alpha value is -0.930. The Labute approximate surface area is 379 Å². The zero-order valence-electron chi connectivity index (χ0n) is 39.7. The van der Waals surface area contributed by atoms with Gasteiger partial charge in [0.25, 0.3) is 0 Å². The highest BCUT2D eigenvalue weighted by Crippen LogP contribution is 2.31. The summed E-state index contributed by atoms with van der Waals surface area (Å²) >= 11 is 4.07. The monoisotopic (exact) mass is 882 g/mol. The van der Waals surface area contributed by atoms with E-state index in [0.29, 0.717) is 29.8 Å². The summed E-state index contributed by atoms with van der Waals surface area (Å²) in [5.74, 6) is 1.73. The van der Waals surface area contributed by atoms with Crippen LogP contribution in [0.5, 0.6) is 0 Å². The van der Waals surface area contributed by atoms with Crippen LogP contribution in [0.25, 0.3) is 0 Å². The van der Waals surface area contributed by atoms with E-state index in [0.717, 1.165) is 114 Å². The molecule has 9 heteroatoms. The first-order valence-electron chi connectivity index (χ1n) is 25.7. The van der Waals surface area contributed by atoms with Crippen molar-refractivity contribution in [2.24, 2.45) is 0 Å². The van der Waals surface area contributed by atoms with Gasteiger partial charge in [-0.2, -0.15) is 23.5 Å². The number of rotatable bonds is 39. The van der Waals surface area contributed by atoms with E-state index in [2.05, 4.69) is 18.7 Å². The predicted molar refractivity (Wildman–Crippen MR) is 258 cm³/mol. The summed E-state index contributed by atoms with van der Waals surface area (Å²) in [7, 11) is 4.08. The molecule has 2 saturated carbocycles. The van der Waals surface area contributed by atoms with Crippen molar-refractivity contribution in [2.75, 3.05) is 32.1 Å². The van der Waals surface area contributed by atoms with Gasteiger partial charge in [-0.25, -0.2) is 0 Å². The van der Waals surface area contributed by atoms with E-state index in [-0.39, 0.29) is 36.2 Å². The summed E-state index contributed by atoms with van der Waals surface area (Å²) in [6.07, 6.45) is 39.4. The lowest BCUT2D eigenvalue weighted by Gasteiger charge is -2.24. The summed E-state index contributed by atoms with van der Waals surface area (Å²) < 4.78 is 18.4. The molecule has 2 atom stereocenters. The first-order chi connectivity index (χ1) is 29.3. The molecule has 2 rings (SSSR count). The third-order valence-corrected chi connectivity index (χ3v) is 15.6. The molecule has 0 saturated heterocycles. The number of nitrogens with zero attached hydrogens (tertiary/aromatic N) is 1. The fourth-order valence-electron chi connectivity index (χ4n) is 8.78. The first-order valence-corrected chi connectivity index (χ1v) is 27.8. The number of carbonyl (C=O) groups excluding carboxylic acids is 3. The molecule has 7 nitrogen and oxygen atoms in total. The molecule has 2 fully saturated rings. The minimum atomic E-state index is -0.0731. The highest BCUT2D eigenvalue weighted by molar-refractivity contribution is 8.00. The zero-order valence-corrected chi connectivity index (χ0v) is 41.3. The number of hydrogen-bond acceptors (Lipinski definition) is 9. The van der Waals surface area contributed by atoms with Crippen LogP contribution in [0.15, 0.2) is 0 Å². The van der Waals surface area contributed by atoms with Crippen LogP contribution in [0, 0.1) is 0 Å². The van der Waals surface area contributed by atoms with Gasteiger partial charge in [0, 0.05) is 41.3 Å². The number of ether oxygens (including phenoxy) is 3. The van der Waals surface area contributed by atoms with Gasteiger partial charge in [-0.3, -0.25) is 14.4 Å². The van der Waals surface area contributed by atoms with E-state index in [1.807, 2.05) is 37.6 Å². The molecule has 352 valence electrons. The molecule has 2 aliphatic rings. The van der Waals surface area contributed by atoms with Crippen molar-refractivity contribution in [3.63, 3.8) is 0 Å². The van der Waals surface area contributed by atoms with E-state index < -0.39 is 0 Å². The molecule has 0 aromatic carbocycles. The Kier molecular flexibility index (Phi) is 35.4.